The normalized spacial score (nSPS) is 10.9. The fourth-order valence-corrected chi connectivity index (χ4v) is 2.25. The van der Waals surface area contributed by atoms with E-state index >= 15 is 0 Å². The number of aromatic nitrogens is 4. The lowest BCUT2D eigenvalue weighted by Gasteiger charge is -2.06. The number of tetrazole rings is 1. The number of para-hydroxylation sites is 1. The standard InChI is InChI=1S/C16H12ClN5O2/c17-11-6-7-13(16(23)24)14(10-11)18-9-8-15-19-20-21-22(15)12-4-2-1-3-5-12/h1-10,18H,(H,23,24). The Labute approximate surface area is 142 Å². The molecule has 0 aliphatic carbocycles. The summed E-state index contributed by atoms with van der Waals surface area (Å²) in [5.41, 5.74) is 1.31. The molecule has 0 aliphatic rings. The second kappa shape index (κ2) is 6.93. The molecule has 3 rings (SSSR count). The quantitative estimate of drug-likeness (QED) is 0.740. The summed E-state index contributed by atoms with van der Waals surface area (Å²) in [6.45, 7) is 0. The monoisotopic (exact) mass is 341 g/mol. The zero-order valence-corrected chi connectivity index (χ0v) is 13.1. The zero-order valence-electron chi connectivity index (χ0n) is 12.3. The van der Waals surface area contributed by atoms with E-state index < -0.39 is 5.97 Å². The molecule has 0 saturated heterocycles. The van der Waals surface area contributed by atoms with Crippen molar-refractivity contribution in [3.63, 3.8) is 0 Å². The highest BCUT2D eigenvalue weighted by molar-refractivity contribution is 6.31. The summed E-state index contributed by atoms with van der Waals surface area (Å²) < 4.78 is 1.56. The highest BCUT2D eigenvalue weighted by atomic mass is 35.5. The van der Waals surface area contributed by atoms with Gasteiger partial charge in [0.25, 0.3) is 0 Å². The van der Waals surface area contributed by atoms with E-state index in [4.69, 9.17) is 11.6 Å². The maximum absolute atomic E-state index is 11.2. The maximum Gasteiger partial charge on any atom is 0.337 e. The molecule has 0 fully saturated rings. The first-order valence-corrected chi connectivity index (χ1v) is 7.32. The summed E-state index contributed by atoms with van der Waals surface area (Å²) in [6.07, 6.45) is 3.20. The molecule has 0 radical (unpaired) electrons. The minimum atomic E-state index is -1.04. The van der Waals surface area contributed by atoms with Gasteiger partial charge in [0, 0.05) is 17.3 Å². The van der Waals surface area contributed by atoms with Gasteiger partial charge >= 0.3 is 5.97 Å². The van der Waals surface area contributed by atoms with Crippen molar-refractivity contribution in [2.24, 2.45) is 0 Å². The van der Waals surface area contributed by atoms with E-state index in [2.05, 4.69) is 20.8 Å². The molecule has 8 heteroatoms. The van der Waals surface area contributed by atoms with Crippen LogP contribution in [-0.2, 0) is 0 Å². The van der Waals surface area contributed by atoms with Crippen molar-refractivity contribution < 1.29 is 9.90 Å². The van der Waals surface area contributed by atoms with E-state index in [-0.39, 0.29) is 5.56 Å². The molecule has 2 aromatic carbocycles. The number of carboxylic acids is 1. The summed E-state index contributed by atoms with van der Waals surface area (Å²) in [4.78, 5) is 11.2. The predicted octanol–water partition coefficient (Wildman–Crippen LogP) is 3.10. The van der Waals surface area contributed by atoms with E-state index in [1.54, 1.807) is 17.0 Å². The molecule has 7 nitrogen and oxygen atoms in total. The Hall–Kier alpha value is -3.19. The Morgan fingerprint density at radius 3 is 2.75 bits per heavy atom. The van der Waals surface area contributed by atoms with Crippen molar-refractivity contribution in [3.8, 4) is 5.69 Å². The average Bonchev–Trinajstić information content (AvgIpc) is 3.04. The minimum absolute atomic E-state index is 0.117. The third kappa shape index (κ3) is 3.41. The van der Waals surface area contributed by atoms with Crippen LogP contribution in [0.4, 0.5) is 5.69 Å². The molecule has 0 amide bonds. The van der Waals surface area contributed by atoms with E-state index in [0.29, 0.717) is 16.5 Å². The highest BCUT2D eigenvalue weighted by Crippen LogP contribution is 2.21. The van der Waals surface area contributed by atoms with Gasteiger partial charge in [0.1, 0.15) is 0 Å². The number of aromatic carboxylic acids is 1. The van der Waals surface area contributed by atoms with Crippen LogP contribution in [0, 0.1) is 0 Å². The van der Waals surface area contributed by atoms with Crippen molar-refractivity contribution in [3.05, 3.63) is 71.1 Å². The van der Waals surface area contributed by atoms with Gasteiger partial charge in [-0.15, -0.1) is 5.10 Å². The summed E-state index contributed by atoms with van der Waals surface area (Å²) in [5, 5.41) is 24.0. The molecule has 0 atom stereocenters. The van der Waals surface area contributed by atoms with Crippen LogP contribution < -0.4 is 5.32 Å². The van der Waals surface area contributed by atoms with Gasteiger partial charge in [-0.05, 0) is 40.8 Å². The lowest BCUT2D eigenvalue weighted by atomic mass is 10.2. The fourth-order valence-electron chi connectivity index (χ4n) is 2.08. The number of halogens is 1. The summed E-state index contributed by atoms with van der Waals surface area (Å²) in [7, 11) is 0. The minimum Gasteiger partial charge on any atom is -0.478 e. The lowest BCUT2D eigenvalue weighted by molar-refractivity contribution is 0.0698. The Morgan fingerprint density at radius 2 is 2.00 bits per heavy atom. The first kappa shape index (κ1) is 15.7. The highest BCUT2D eigenvalue weighted by Gasteiger charge is 2.09. The molecule has 1 heterocycles. The van der Waals surface area contributed by atoms with Gasteiger partial charge in [-0.1, -0.05) is 29.8 Å². The summed E-state index contributed by atoms with van der Waals surface area (Å²) in [6, 6.07) is 13.9. The average molecular weight is 342 g/mol. The number of hydrogen-bond donors (Lipinski definition) is 2. The topological polar surface area (TPSA) is 92.9 Å². The molecule has 24 heavy (non-hydrogen) atoms. The molecule has 0 spiro atoms. The largest absolute Gasteiger partial charge is 0.478 e. The van der Waals surface area contributed by atoms with E-state index in [1.807, 2.05) is 30.3 Å². The number of anilines is 1. The molecule has 0 aliphatic heterocycles. The van der Waals surface area contributed by atoms with Gasteiger partial charge in [0.15, 0.2) is 5.82 Å². The van der Waals surface area contributed by atoms with Crippen molar-refractivity contribution in [2.75, 3.05) is 5.32 Å². The van der Waals surface area contributed by atoms with Crippen LogP contribution in [0.15, 0.2) is 54.7 Å². The van der Waals surface area contributed by atoms with Crippen LogP contribution in [0.1, 0.15) is 16.2 Å². The van der Waals surface area contributed by atoms with E-state index in [1.165, 1.54) is 18.2 Å². The van der Waals surface area contributed by atoms with Gasteiger partial charge in [-0.25, -0.2) is 4.79 Å². The number of benzene rings is 2. The van der Waals surface area contributed by atoms with Crippen molar-refractivity contribution >= 4 is 29.3 Å². The zero-order chi connectivity index (χ0) is 16.9. The molecule has 120 valence electrons. The number of nitrogens with one attached hydrogen (secondary N) is 1. The summed E-state index contributed by atoms with van der Waals surface area (Å²) >= 11 is 5.91. The first-order valence-electron chi connectivity index (χ1n) is 6.95. The molecule has 0 unspecified atom stereocenters. The number of nitrogens with zero attached hydrogens (tertiary/aromatic N) is 4. The Morgan fingerprint density at radius 1 is 1.21 bits per heavy atom. The Balaban J connectivity index is 1.83. The SMILES string of the molecule is O=C(O)c1ccc(Cl)cc1NC=Cc1nnnn1-c1ccccc1. The van der Waals surface area contributed by atoms with Crippen molar-refractivity contribution in [1.29, 1.82) is 0 Å². The van der Waals surface area contributed by atoms with Crippen LogP contribution in [0.3, 0.4) is 0 Å². The van der Waals surface area contributed by atoms with Crippen LogP contribution in [0.25, 0.3) is 11.8 Å². The maximum atomic E-state index is 11.2. The third-order valence-corrected chi connectivity index (χ3v) is 3.41. The molecule has 3 aromatic rings. The van der Waals surface area contributed by atoms with Crippen LogP contribution >= 0.6 is 11.6 Å². The predicted molar refractivity (Wildman–Crippen MR) is 90.2 cm³/mol. The second-order valence-electron chi connectivity index (χ2n) is 4.76. The first-order chi connectivity index (χ1) is 11.6. The van der Waals surface area contributed by atoms with Crippen LogP contribution in [0.5, 0.6) is 0 Å². The molecule has 0 bridgehead atoms. The van der Waals surface area contributed by atoms with Crippen molar-refractivity contribution in [2.45, 2.75) is 0 Å². The van der Waals surface area contributed by atoms with Crippen LogP contribution in [-0.4, -0.2) is 31.3 Å². The van der Waals surface area contributed by atoms with E-state index in [0.717, 1.165) is 5.69 Å². The number of carboxylic acid groups (broad SMARTS) is 1. The smallest absolute Gasteiger partial charge is 0.337 e. The van der Waals surface area contributed by atoms with Gasteiger partial charge in [-0.3, -0.25) is 0 Å². The molecular formula is C16H12ClN5O2. The second-order valence-corrected chi connectivity index (χ2v) is 5.19. The van der Waals surface area contributed by atoms with Gasteiger partial charge in [0.05, 0.1) is 16.9 Å². The molecule has 1 aromatic heterocycles. The Kier molecular flexibility index (Phi) is 4.53. The van der Waals surface area contributed by atoms with Gasteiger partial charge < -0.3 is 10.4 Å². The number of hydrogen-bond acceptors (Lipinski definition) is 5. The third-order valence-electron chi connectivity index (χ3n) is 3.18. The van der Waals surface area contributed by atoms with Crippen LogP contribution in [0.2, 0.25) is 5.02 Å². The molecule has 2 N–H and O–H groups in total. The summed E-state index contributed by atoms with van der Waals surface area (Å²) in [5.74, 6) is -0.552. The van der Waals surface area contributed by atoms with Crippen molar-refractivity contribution in [1.82, 2.24) is 20.2 Å². The van der Waals surface area contributed by atoms with Gasteiger partial charge in [-0.2, -0.15) is 4.68 Å². The number of rotatable bonds is 5. The fraction of sp³-hybridized carbons (Fsp3) is 0. The number of carbonyl (C=O) groups is 1. The Bertz CT molecular complexity index is 892. The van der Waals surface area contributed by atoms with E-state index in [9.17, 15) is 9.90 Å². The van der Waals surface area contributed by atoms with Gasteiger partial charge in [0.2, 0.25) is 0 Å². The lowest BCUT2D eigenvalue weighted by Crippen LogP contribution is -2.02. The molecular weight excluding hydrogens is 330 g/mol. The molecule has 0 saturated carbocycles.